The Morgan fingerprint density at radius 1 is 1.38 bits per heavy atom. The Morgan fingerprint density at radius 2 is 2.10 bits per heavy atom. The van der Waals surface area contributed by atoms with Crippen molar-refractivity contribution in [3.05, 3.63) is 38.4 Å². The molecule has 0 unspecified atom stereocenters. The van der Waals surface area contributed by atoms with Crippen molar-refractivity contribution < 1.29 is 19.2 Å². The summed E-state index contributed by atoms with van der Waals surface area (Å²) < 4.78 is 10.00. The van der Waals surface area contributed by atoms with Gasteiger partial charge >= 0.3 is 0 Å². The number of nitro benzene ring substituents is 1. The highest BCUT2D eigenvalue weighted by Crippen LogP contribution is 2.26. The quantitative estimate of drug-likeness (QED) is 0.449. The molecule has 1 rings (SSSR count). The number of carbonyl (C=O) groups is 1. The van der Waals surface area contributed by atoms with Gasteiger partial charge in [-0.3, -0.25) is 14.9 Å². The Morgan fingerprint density at radius 3 is 2.71 bits per heavy atom. The van der Waals surface area contributed by atoms with Crippen molar-refractivity contribution in [1.29, 1.82) is 0 Å². The maximum absolute atomic E-state index is 11.9. The summed E-state index contributed by atoms with van der Waals surface area (Å²) in [6.45, 7) is 3.07. The number of halogens is 1. The lowest BCUT2D eigenvalue weighted by atomic mass is 10.1. The summed E-state index contributed by atoms with van der Waals surface area (Å²) in [5.41, 5.74) is 0.344. The summed E-state index contributed by atoms with van der Waals surface area (Å²) in [7, 11) is 1.57. The van der Waals surface area contributed by atoms with Gasteiger partial charge < -0.3 is 14.8 Å². The van der Waals surface area contributed by atoms with Crippen LogP contribution in [0, 0.1) is 17.0 Å². The topological polar surface area (TPSA) is 90.7 Å². The minimum absolute atomic E-state index is 0.0749. The molecule has 0 aromatic heterocycles. The predicted molar refractivity (Wildman–Crippen MR) is 77.9 cm³/mol. The molecule has 0 aliphatic rings. The molecule has 0 aliphatic carbocycles. The molecule has 1 amide bonds. The summed E-state index contributed by atoms with van der Waals surface area (Å²) in [5.74, 6) is -0.474. The number of aryl methyl sites for hydroxylation is 1. The molecule has 116 valence electrons. The molecule has 1 aromatic rings. The lowest BCUT2D eigenvalue weighted by Crippen LogP contribution is -2.28. The van der Waals surface area contributed by atoms with Crippen LogP contribution in [0.25, 0.3) is 0 Å². The zero-order valence-corrected chi connectivity index (χ0v) is 12.6. The van der Waals surface area contributed by atoms with E-state index in [-0.39, 0.29) is 22.8 Å². The molecule has 0 saturated heterocycles. The van der Waals surface area contributed by atoms with Crippen LogP contribution in [-0.4, -0.2) is 44.3 Å². The van der Waals surface area contributed by atoms with Gasteiger partial charge in [0.25, 0.3) is 11.6 Å². The van der Waals surface area contributed by atoms with Crippen LogP contribution in [0.5, 0.6) is 0 Å². The Labute approximate surface area is 127 Å². The number of ether oxygens (including phenoxy) is 2. The Balaban J connectivity index is 2.61. The molecule has 0 spiro atoms. The molecule has 7 nitrogen and oxygen atoms in total. The highest BCUT2D eigenvalue weighted by atomic mass is 35.5. The van der Waals surface area contributed by atoms with Crippen LogP contribution in [0.15, 0.2) is 12.1 Å². The molecule has 21 heavy (non-hydrogen) atoms. The first-order valence-corrected chi connectivity index (χ1v) is 6.64. The van der Waals surface area contributed by atoms with Gasteiger partial charge in [0, 0.05) is 25.3 Å². The number of nitrogens with zero attached hydrogens (tertiary/aromatic N) is 1. The fraction of sp³-hybridized carbons (Fsp3) is 0.462. The van der Waals surface area contributed by atoms with Gasteiger partial charge in [-0.2, -0.15) is 0 Å². The lowest BCUT2D eigenvalue weighted by Gasteiger charge is -2.08. The van der Waals surface area contributed by atoms with E-state index in [0.717, 1.165) is 0 Å². The van der Waals surface area contributed by atoms with Crippen molar-refractivity contribution in [3.8, 4) is 0 Å². The second-order valence-electron chi connectivity index (χ2n) is 4.24. The first kappa shape index (κ1) is 17.4. The summed E-state index contributed by atoms with van der Waals surface area (Å²) >= 11 is 5.95. The van der Waals surface area contributed by atoms with Gasteiger partial charge in [0.2, 0.25) is 0 Å². The van der Waals surface area contributed by atoms with E-state index in [1.807, 2.05) is 0 Å². The Kier molecular flexibility index (Phi) is 7.07. The predicted octanol–water partition coefficient (Wildman–Crippen LogP) is 1.95. The number of amides is 1. The fourth-order valence-electron chi connectivity index (χ4n) is 1.61. The van der Waals surface area contributed by atoms with E-state index in [2.05, 4.69) is 5.32 Å². The molecule has 1 aromatic carbocycles. The van der Waals surface area contributed by atoms with Crippen molar-refractivity contribution in [1.82, 2.24) is 5.32 Å². The largest absolute Gasteiger partial charge is 0.382 e. The van der Waals surface area contributed by atoms with E-state index in [4.69, 9.17) is 21.1 Å². The average Bonchev–Trinajstić information content (AvgIpc) is 2.42. The standard InChI is InChI=1S/C13H17ClN2O5/c1-9-7-11(14)10(8-12(9)16(18)19)13(17)15-3-4-21-6-5-20-2/h7-8H,3-6H2,1-2H3,(H,15,17). The van der Waals surface area contributed by atoms with Crippen molar-refractivity contribution in [2.45, 2.75) is 6.92 Å². The zero-order chi connectivity index (χ0) is 15.8. The van der Waals surface area contributed by atoms with Crippen LogP contribution >= 0.6 is 11.6 Å². The highest BCUT2D eigenvalue weighted by Gasteiger charge is 2.18. The van der Waals surface area contributed by atoms with E-state index in [1.165, 1.54) is 12.1 Å². The number of nitro groups is 1. The number of nitrogens with one attached hydrogen (secondary N) is 1. The SMILES string of the molecule is COCCOCCNC(=O)c1cc([N+](=O)[O-])c(C)cc1Cl. The number of benzene rings is 1. The fourth-order valence-corrected chi connectivity index (χ4v) is 1.91. The first-order valence-electron chi connectivity index (χ1n) is 6.26. The van der Waals surface area contributed by atoms with E-state index in [0.29, 0.717) is 25.4 Å². The van der Waals surface area contributed by atoms with Crippen molar-refractivity contribution in [3.63, 3.8) is 0 Å². The lowest BCUT2D eigenvalue weighted by molar-refractivity contribution is -0.385. The van der Waals surface area contributed by atoms with Crippen LogP contribution < -0.4 is 5.32 Å². The van der Waals surface area contributed by atoms with Gasteiger partial charge in [0.1, 0.15) is 0 Å². The maximum atomic E-state index is 11.9. The van der Waals surface area contributed by atoms with Gasteiger partial charge in [-0.05, 0) is 13.0 Å². The average molecular weight is 317 g/mol. The molecule has 0 atom stereocenters. The second kappa shape index (κ2) is 8.56. The van der Waals surface area contributed by atoms with E-state index in [9.17, 15) is 14.9 Å². The molecule has 0 saturated carbocycles. The number of hydrogen-bond donors (Lipinski definition) is 1. The summed E-state index contributed by atoms with van der Waals surface area (Å²) in [6, 6.07) is 2.59. The molecule has 0 heterocycles. The second-order valence-corrected chi connectivity index (χ2v) is 4.64. The van der Waals surface area contributed by atoms with Gasteiger partial charge in [-0.1, -0.05) is 11.6 Å². The molecular formula is C13H17ClN2O5. The highest BCUT2D eigenvalue weighted by molar-refractivity contribution is 6.34. The van der Waals surface area contributed by atoms with Gasteiger partial charge in [0.05, 0.1) is 35.3 Å². The number of methoxy groups -OCH3 is 1. The third kappa shape index (κ3) is 5.30. The number of carbonyl (C=O) groups excluding carboxylic acids is 1. The monoisotopic (exact) mass is 316 g/mol. The summed E-state index contributed by atoms with van der Waals surface area (Å²) in [6.07, 6.45) is 0. The molecule has 0 radical (unpaired) electrons. The summed E-state index contributed by atoms with van der Waals surface area (Å²) in [5, 5.41) is 13.6. The molecule has 1 N–H and O–H groups in total. The normalized spacial score (nSPS) is 10.4. The van der Waals surface area contributed by atoms with Crippen LogP contribution in [0.4, 0.5) is 5.69 Å². The molecule has 0 fully saturated rings. The smallest absolute Gasteiger partial charge is 0.273 e. The van der Waals surface area contributed by atoms with Crippen LogP contribution in [0.3, 0.4) is 0 Å². The van der Waals surface area contributed by atoms with Crippen LogP contribution in [-0.2, 0) is 9.47 Å². The Hall–Kier alpha value is -1.70. The molecule has 0 bridgehead atoms. The zero-order valence-electron chi connectivity index (χ0n) is 11.8. The number of hydrogen-bond acceptors (Lipinski definition) is 5. The molecular weight excluding hydrogens is 300 g/mol. The summed E-state index contributed by atoms with van der Waals surface area (Å²) in [4.78, 5) is 22.3. The van der Waals surface area contributed by atoms with Crippen molar-refractivity contribution in [2.75, 3.05) is 33.5 Å². The third-order valence-corrected chi connectivity index (χ3v) is 3.00. The van der Waals surface area contributed by atoms with E-state index < -0.39 is 10.8 Å². The van der Waals surface area contributed by atoms with Crippen molar-refractivity contribution >= 4 is 23.2 Å². The molecule has 0 aliphatic heterocycles. The van der Waals surface area contributed by atoms with E-state index >= 15 is 0 Å². The van der Waals surface area contributed by atoms with Crippen molar-refractivity contribution in [2.24, 2.45) is 0 Å². The maximum Gasteiger partial charge on any atom is 0.273 e. The van der Waals surface area contributed by atoms with Crippen LogP contribution in [0.2, 0.25) is 5.02 Å². The minimum atomic E-state index is -0.545. The van der Waals surface area contributed by atoms with Gasteiger partial charge in [-0.15, -0.1) is 0 Å². The Bertz CT molecular complexity index is 522. The first-order chi connectivity index (χ1) is 9.97. The van der Waals surface area contributed by atoms with Gasteiger partial charge in [-0.25, -0.2) is 0 Å². The van der Waals surface area contributed by atoms with E-state index in [1.54, 1.807) is 14.0 Å². The van der Waals surface area contributed by atoms with Gasteiger partial charge in [0.15, 0.2) is 0 Å². The third-order valence-electron chi connectivity index (χ3n) is 2.69. The van der Waals surface area contributed by atoms with Crippen LogP contribution in [0.1, 0.15) is 15.9 Å². The molecule has 8 heteroatoms. The number of rotatable bonds is 8. The minimum Gasteiger partial charge on any atom is -0.382 e.